The zero-order chi connectivity index (χ0) is 22.7. The van der Waals surface area contributed by atoms with Crippen LogP contribution in [0.25, 0.3) is 11.0 Å². The Bertz CT molecular complexity index is 864. The van der Waals surface area contributed by atoms with Gasteiger partial charge in [0.2, 0.25) is 5.95 Å². The lowest BCUT2D eigenvalue weighted by atomic mass is 9.89. The fourth-order valence-corrected chi connectivity index (χ4v) is 5.70. The molecule has 2 aromatic rings. The Labute approximate surface area is 193 Å². The summed E-state index contributed by atoms with van der Waals surface area (Å²) < 4.78 is 2.43. The average Bonchev–Trinajstić information content (AvgIpc) is 3.18. The first-order chi connectivity index (χ1) is 15.5. The van der Waals surface area contributed by atoms with Gasteiger partial charge in [0.25, 0.3) is 0 Å². The molecular weight excluding hydrogens is 398 g/mol. The Hall–Kier alpha value is -1.66. The zero-order valence-corrected chi connectivity index (χ0v) is 20.6. The van der Waals surface area contributed by atoms with Gasteiger partial charge in [-0.1, -0.05) is 20.3 Å². The molecule has 1 aliphatic heterocycles. The molecule has 0 bridgehead atoms. The summed E-state index contributed by atoms with van der Waals surface area (Å²) in [5.41, 5.74) is 2.51. The highest BCUT2D eigenvalue weighted by Crippen LogP contribution is 2.38. The Kier molecular flexibility index (Phi) is 7.72. The molecule has 1 saturated heterocycles. The van der Waals surface area contributed by atoms with Crippen LogP contribution in [0.1, 0.15) is 103 Å². The number of nitrogens with zero attached hydrogens (tertiary/aromatic N) is 4. The second kappa shape index (κ2) is 10.5. The number of rotatable bonds is 8. The van der Waals surface area contributed by atoms with E-state index >= 15 is 0 Å². The van der Waals surface area contributed by atoms with Crippen molar-refractivity contribution < 1.29 is 5.11 Å². The number of anilines is 1. The van der Waals surface area contributed by atoms with Gasteiger partial charge in [-0.3, -0.25) is 0 Å². The molecule has 1 saturated carbocycles. The maximum absolute atomic E-state index is 10.0. The van der Waals surface area contributed by atoms with Crippen molar-refractivity contribution in [2.45, 2.75) is 116 Å². The number of aromatic nitrogens is 3. The first-order valence-corrected chi connectivity index (χ1v) is 13.1. The molecule has 2 aliphatic rings. The molecule has 0 radical (unpaired) electrons. The summed E-state index contributed by atoms with van der Waals surface area (Å²) in [6.45, 7) is 11.4. The van der Waals surface area contributed by atoms with Crippen molar-refractivity contribution >= 4 is 17.0 Å². The smallest absolute Gasteiger partial charge is 0.224 e. The Morgan fingerprint density at radius 3 is 2.47 bits per heavy atom. The maximum Gasteiger partial charge on any atom is 0.224 e. The van der Waals surface area contributed by atoms with E-state index in [0.717, 1.165) is 50.1 Å². The van der Waals surface area contributed by atoms with Crippen LogP contribution in [0.5, 0.6) is 0 Å². The molecule has 0 spiro atoms. The lowest BCUT2D eigenvalue weighted by molar-refractivity contribution is 0.111. The third kappa shape index (κ3) is 5.12. The van der Waals surface area contributed by atoms with Crippen molar-refractivity contribution in [3.05, 3.63) is 18.0 Å². The van der Waals surface area contributed by atoms with Crippen LogP contribution in [0.2, 0.25) is 0 Å². The molecular formula is C26H43N5O. The van der Waals surface area contributed by atoms with E-state index in [4.69, 9.17) is 9.97 Å². The highest BCUT2D eigenvalue weighted by atomic mass is 16.3. The van der Waals surface area contributed by atoms with Gasteiger partial charge in [0.1, 0.15) is 5.65 Å². The van der Waals surface area contributed by atoms with E-state index in [9.17, 15) is 5.11 Å². The van der Waals surface area contributed by atoms with Crippen LogP contribution in [0.3, 0.4) is 0 Å². The number of hydrogen-bond donors (Lipinski definition) is 2. The van der Waals surface area contributed by atoms with E-state index < -0.39 is 0 Å². The predicted molar refractivity (Wildman–Crippen MR) is 132 cm³/mol. The second-order valence-corrected chi connectivity index (χ2v) is 10.3. The normalized spacial score (nSPS) is 25.2. The topological polar surface area (TPSA) is 66.2 Å². The van der Waals surface area contributed by atoms with Gasteiger partial charge < -0.3 is 19.9 Å². The second-order valence-electron chi connectivity index (χ2n) is 10.3. The van der Waals surface area contributed by atoms with Crippen molar-refractivity contribution in [2.24, 2.45) is 0 Å². The molecule has 2 N–H and O–H groups in total. The standard InChI is InChI=1S/C26H43N5O/c1-5-7-18(3)28-26-27-16-23-24(20-12-14-30(15-13-20)19(4)6-2)17-31(25(23)29-26)21-8-10-22(32)11-9-21/h16-22,32H,5-15H2,1-4H3,(H,27,28,29). The van der Waals surface area contributed by atoms with E-state index in [1.54, 1.807) is 0 Å². The van der Waals surface area contributed by atoms with Gasteiger partial charge in [-0.15, -0.1) is 0 Å². The minimum absolute atomic E-state index is 0.140. The molecule has 2 unspecified atom stereocenters. The van der Waals surface area contributed by atoms with Crippen LogP contribution >= 0.6 is 0 Å². The number of hydrogen-bond acceptors (Lipinski definition) is 5. The number of aliphatic hydroxyl groups is 1. The van der Waals surface area contributed by atoms with Crippen molar-refractivity contribution in [3.8, 4) is 0 Å². The van der Waals surface area contributed by atoms with Gasteiger partial charge in [0.15, 0.2) is 0 Å². The predicted octanol–water partition coefficient (Wildman–Crippen LogP) is 5.49. The Morgan fingerprint density at radius 2 is 1.81 bits per heavy atom. The fourth-order valence-electron chi connectivity index (χ4n) is 5.70. The SMILES string of the molecule is CCCC(C)Nc1ncc2c(C3CCN(C(C)CC)CC3)cn(C3CCC(O)CC3)c2n1. The molecule has 4 rings (SSSR count). The molecule has 0 amide bonds. The third-order valence-corrected chi connectivity index (χ3v) is 7.94. The van der Waals surface area contributed by atoms with Gasteiger partial charge in [-0.2, -0.15) is 4.98 Å². The van der Waals surface area contributed by atoms with E-state index in [-0.39, 0.29) is 6.10 Å². The van der Waals surface area contributed by atoms with E-state index in [1.165, 1.54) is 43.3 Å². The molecule has 0 aromatic carbocycles. The van der Waals surface area contributed by atoms with E-state index in [2.05, 4.69) is 54.9 Å². The summed E-state index contributed by atoms with van der Waals surface area (Å²) in [6.07, 6.45) is 14.0. The van der Waals surface area contributed by atoms with Crippen LogP contribution in [0.4, 0.5) is 5.95 Å². The first kappa shape index (κ1) is 23.5. The minimum Gasteiger partial charge on any atom is -0.393 e. The average molecular weight is 442 g/mol. The molecule has 6 nitrogen and oxygen atoms in total. The summed E-state index contributed by atoms with van der Waals surface area (Å²) >= 11 is 0. The van der Waals surface area contributed by atoms with Crippen LogP contribution < -0.4 is 5.32 Å². The Morgan fingerprint density at radius 1 is 1.09 bits per heavy atom. The zero-order valence-electron chi connectivity index (χ0n) is 20.6. The van der Waals surface area contributed by atoms with Crippen LogP contribution in [0, 0.1) is 0 Å². The number of piperidine rings is 1. The van der Waals surface area contributed by atoms with Gasteiger partial charge in [-0.25, -0.2) is 4.98 Å². The van der Waals surface area contributed by atoms with Crippen molar-refractivity contribution in [3.63, 3.8) is 0 Å². The maximum atomic E-state index is 10.0. The molecule has 32 heavy (non-hydrogen) atoms. The van der Waals surface area contributed by atoms with Crippen LogP contribution in [0.15, 0.2) is 12.4 Å². The van der Waals surface area contributed by atoms with Crippen LogP contribution in [-0.2, 0) is 0 Å². The summed E-state index contributed by atoms with van der Waals surface area (Å²) in [6, 6.07) is 1.47. The molecule has 178 valence electrons. The van der Waals surface area contributed by atoms with Crippen LogP contribution in [-0.4, -0.2) is 55.8 Å². The molecule has 6 heteroatoms. The number of nitrogens with one attached hydrogen (secondary N) is 1. The van der Waals surface area contributed by atoms with Crippen molar-refractivity contribution in [2.75, 3.05) is 18.4 Å². The largest absolute Gasteiger partial charge is 0.393 e. The van der Waals surface area contributed by atoms with Gasteiger partial charge in [0.05, 0.1) is 6.10 Å². The summed E-state index contributed by atoms with van der Waals surface area (Å²) in [5.74, 6) is 1.32. The number of aliphatic hydroxyl groups excluding tert-OH is 1. The summed E-state index contributed by atoms with van der Waals surface area (Å²) in [4.78, 5) is 12.4. The fraction of sp³-hybridized carbons (Fsp3) is 0.769. The molecule has 2 aromatic heterocycles. The molecule has 1 aliphatic carbocycles. The van der Waals surface area contributed by atoms with Gasteiger partial charge >= 0.3 is 0 Å². The van der Waals surface area contributed by atoms with Crippen molar-refractivity contribution in [1.29, 1.82) is 0 Å². The lowest BCUT2D eigenvalue weighted by Gasteiger charge is -2.35. The molecule has 3 heterocycles. The highest BCUT2D eigenvalue weighted by molar-refractivity contribution is 5.81. The van der Waals surface area contributed by atoms with E-state index in [1.807, 2.05) is 0 Å². The molecule has 2 atom stereocenters. The first-order valence-electron chi connectivity index (χ1n) is 13.1. The molecule has 2 fully saturated rings. The van der Waals surface area contributed by atoms with Gasteiger partial charge in [-0.05, 0) is 89.8 Å². The van der Waals surface area contributed by atoms with Gasteiger partial charge in [0, 0.05) is 35.9 Å². The summed E-state index contributed by atoms with van der Waals surface area (Å²) in [7, 11) is 0. The van der Waals surface area contributed by atoms with Crippen molar-refractivity contribution in [1.82, 2.24) is 19.4 Å². The van der Waals surface area contributed by atoms with E-state index in [0.29, 0.717) is 24.0 Å². The number of likely N-dealkylation sites (tertiary alicyclic amines) is 1. The summed E-state index contributed by atoms with van der Waals surface area (Å²) in [5, 5.41) is 14.8. The Balaban J connectivity index is 1.62. The third-order valence-electron chi connectivity index (χ3n) is 7.94. The minimum atomic E-state index is -0.140. The lowest BCUT2D eigenvalue weighted by Crippen LogP contribution is -2.39. The highest BCUT2D eigenvalue weighted by Gasteiger charge is 2.29. The quantitative estimate of drug-likeness (QED) is 0.567. The number of fused-ring (bicyclic) bond motifs is 1. The monoisotopic (exact) mass is 441 g/mol.